The third kappa shape index (κ3) is 4.58. The zero-order valence-electron chi connectivity index (χ0n) is 13.0. The minimum atomic E-state index is -0.588. The minimum Gasteiger partial charge on any atom is -0.492 e. The predicted octanol–water partition coefficient (Wildman–Crippen LogP) is 4.47. The van der Waals surface area contributed by atoms with E-state index in [1.54, 1.807) is 18.5 Å². The van der Waals surface area contributed by atoms with Gasteiger partial charge < -0.3 is 9.84 Å². The number of aromatic nitrogens is 1. The van der Waals surface area contributed by atoms with E-state index in [1.807, 2.05) is 6.92 Å². The van der Waals surface area contributed by atoms with Crippen LogP contribution in [0.1, 0.15) is 52.4 Å². The number of halogens is 1. The molecule has 1 saturated carbocycles. The molecule has 0 amide bonds. The van der Waals surface area contributed by atoms with Gasteiger partial charge in [0.2, 0.25) is 0 Å². The molecule has 0 saturated heterocycles. The van der Waals surface area contributed by atoms with Crippen LogP contribution in [-0.2, 0) is 0 Å². The fraction of sp³-hybridized carbons (Fsp3) is 0.706. The lowest BCUT2D eigenvalue weighted by Gasteiger charge is -2.41. The largest absolute Gasteiger partial charge is 0.492 e. The van der Waals surface area contributed by atoms with Crippen molar-refractivity contribution in [3.8, 4) is 5.75 Å². The molecule has 4 heteroatoms. The van der Waals surface area contributed by atoms with Crippen LogP contribution < -0.4 is 4.74 Å². The predicted molar refractivity (Wildman–Crippen MR) is 85.7 cm³/mol. The van der Waals surface area contributed by atoms with E-state index in [-0.39, 0.29) is 0 Å². The summed E-state index contributed by atoms with van der Waals surface area (Å²) in [5.74, 6) is 1.43. The Balaban J connectivity index is 1.99. The summed E-state index contributed by atoms with van der Waals surface area (Å²) >= 11 is 5.93. The molecule has 3 nitrogen and oxygen atoms in total. The van der Waals surface area contributed by atoms with Gasteiger partial charge in [0.25, 0.3) is 0 Å². The summed E-state index contributed by atoms with van der Waals surface area (Å²) in [6, 6.07) is 1.79. The van der Waals surface area contributed by atoms with E-state index < -0.39 is 5.60 Å². The molecule has 0 aromatic carbocycles. The van der Waals surface area contributed by atoms with E-state index >= 15 is 0 Å². The van der Waals surface area contributed by atoms with Crippen LogP contribution in [0.2, 0.25) is 5.02 Å². The first-order valence-electron chi connectivity index (χ1n) is 7.98. The summed E-state index contributed by atoms with van der Waals surface area (Å²) in [5.41, 5.74) is -0.588. The first-order valence-corrected chi connectivity index (χ1v) is 8.36. The van der Waals surface area contributed by atoms with Crippen LogP contribution in [0.3, 0.4) is 0 Å². The Morgan fingerprint density at radius 1 is 1.38 bits per heavy atom. The van der Waals surface area contributed by atoms with Crippen molar-refractivity contribution in [3.05, 3.63) is 23.5 Å². The first kappa shape index (κ1) is 16.6. The highest BCUT2D eigenvalue weighted by Crippen LogP contribution is 2.39. The number of hydrogen-bond acceptors (Lipinski definition) is 3. The quantitative estimate of drug-likeness (QED) is 0.842. The number of ether oxygens (including phenoxy) is 1. The smallest absolute Gasteiger partial charge is 0.139 e. The third-order valence-corrected chi connectivity index (χ3v) is 4.81. The van der Waals surface area contributed by atoms with Crippen LogP contribution in [0.25, 0.3) is 0 Å². The van der Waals surface area contributed by atoms with E-state index in [4.69, 9.17) is 16.3 Å². The Morgan fingerprint density at radius 3 is 2.86 bits per heavy atom. The summed E-state index contributed by atoms with van der Waals surface area (Å²) in [4.78, 5) is 4.04. The summed E-state index contributed by atoms with van der Waals surface area (Å²) in [6.07, 6.45) is 9.80. The van der Waals surface area contributed by atoms with E-state index in [0.29, 0.717) is 29.2 Å². The Bertz CT molecular complexity index is 450. The molecule has 1 aromatic heterocycles. The first-order chi connectivity index (χ1) is 10.0. The van der Waals surface area contributed by atoms with Crippen LogP contribution in [-0.4, -0.2) is 22.3 Å². The van der Waals surface area contributed by atoms with Gasteiger partial charge in [0.05, 0.1) is 23.4 Å². The molecule has 1 aliphatic rings. The molecular weight excluding hydrogens is 286 g/mol. The molecule has 0 bridgehead atoms. The Morgan fingerprint density at radius 2 is 2.14 bits per heavy atom. The van der Waals surface area contributed by atoms with Crippen molar-refractivity contribution >= 4 is 11.6 Å². The molecule has 1 aromatic rings. The molecule has 1 heterocycles. The molecule has 118 valence electrons. The molecule has 3 atom stereocenters. The van der Waals surface area contributed by atoms with Crippen molar-refractivity contribution in [1.82, 2.24) is 4.98 Å². The van der Waals surface area contributed by atoms with E-state index in [1.165, 1.54) is 12.8 Å². The second-order valence-corrected chi connectivity index (χ2v) is 6.84. The topological polar surface area (TPSA) is 42.4 Å². The third-order valence-electron chi connectivity index (χ3n) is 4.61. The normalized spacial score (nSPS) is 25.3. The molecular formula is C17H26ClNO2. The summed E-state index contributed by atoms with van der Waals surface area (Å²) < 4.78 is 5.87. The zero-order chi connectivity index (χ0) is 15.3. The van der Waals surface area contributed by atoms with Crippen LogP contribution in [0.15, 0.2) is 18.5 Å². The van der Waals surface area contributed by atoms with Gasteiger partial charge in [0.1, 0.15) is 5.75 Å². The average Bonchev–Trinajstić information content (AvgIpc) is 2.45. The van der Waals surface area contributed by atoms with Gasteiger partial charge in [0.15, 0.2) is 0 Å². The van der Waals surface area contributed by atoms with Gasteiger partial charge in [-0.2, -0.15) is 0 Å². The van der Waals surface area contributed by atoms with Gasteiger partial charge >= 0.3 is 0 Å². The van der Waals surface area contributed by atoms with Crippen molar-refractivity contribution in [3.63, 3.8) is 0 Å². The number of pyridine rings is 1. The molecule has 0 spiro atoms. The van der Waals surface area contributed by atoms with E-state index in [2.05, 4.69) is 11.9 Å². The second kappa shape index (κ2) is 7.46. The Hall–Kier alpha value is -0.800. The molecule has 3 unspecified atom stereocenters. The second-order valence-electron chi connectivity index (χ2n) is 6.41. The maximum absolute atomic E-state index is 10.8. The van der Waals surface area contributed by atoms with Crippen molar-refractivity contribution in [2.75, 3.05) is 6.61 Å². The molecule has 2 rings (SSSR count). The number of aliphatic hydroxyl groups is 1. The van der Waals surface area contributed by atoms with Crippen molar-refractivity contribution in [2.24, 2.45) is 11.8 Å². The lowest BCUT2D eigenvalue weighted by atomic mass is 9.69. The average molecular weight is 312 g/mol. The van der Waals surface area contributed by atoms with Crippen LogP contribution in [0, 0.1) is 11.8 Å². The number of rotatable bonds is 6. The Labute approximate surface area is 132 Å². The van der Waals surface area contributed by atoms with Crippen molar-refractivity contribution < 1.29 is 9.84 Å². The number of nitrogens with zero attached hydrogens (tertiary/aromatic N) is 1. The standard InChI is InChI=1S/C17H26ClNO2/c1-3-8-17(2,20)16-7-5-4-6-13(16)12-21-15-9-14(18)10-19-11-15/h9-11,13,16,20H,3-8,12H2,1-2H3. The van der Waals surface area contributed by atoms with Gasteiger partial charge in [0, 0.05) is 12.3 Å². The van der Waals surface area contributed by atoms with Gasteiger partial charge in [-0.05, 0) is 38.0 Å². The van der Waals surface area contributed by atoms with Crippen molar-refractivity contribution in [2.45, 2.75) is 58.0 Å². The molecule has 0 aliphatic heterocycles. The van der Waals surface area contributed by atoms with E-state index in [0.717, 1.165) is 25.7 Å². The molecule has 1 aliphatic carbocycles. The molecule has 21 heavy (non-hydrogen) atoms. The highest BCUT2D eigenvalue weighted by atomic mass is 35.5. The monoisotopic (exact) mass is 311 g/mol. The highest BCUT2D eigenvalue weighted by molar-refractivity contribution is 6.30. The summed E-state index contributed by atoms with van der Waals surface area (Å²) in [6.45, 7) is 4.74. The number of hydrogen-bond donors (Lipinski definition) is 1. The fourth-order valence-corrected chi connectivity index (χ4v) is 3.76. The van der Waals surface area contributed by atoms with Gasteiger partial charge in [-0.15, -0.1) is 0 Å². The zero-order valence-corrected chi connectivity index (χ0v) is 13.8. The molecule has 1 N–H and O–H groups in total. The Kier molecular flexibility index (Phi) is 5.88. The lowest BCUT2D eigenvalue weighted by Crippen LogP contribution is -2.42. The van der Waals surface area contributed by atoms with Gasteiger partial charge in [-0.25, -0.2) is 0 Å². The van der Waals surface area contributed by atoms with Crippen LogP contribution in [0.5, 0.6) is 5.75 Å². The fourth-order valence-electron chi connectivity index (χ4n) is 3.59. The maximum Gasteiger partial charge on any atom is 0.139 e. The lowest BCUT2D eigenvalue weighted by molar-refractivity contribution is -0.0578. The summed E-state index contributed by atoms with van der Waals surface area (Å²) in [5, 5.41) is 11.4. The van der Waals surface area contributed by atoms with Crippen LogP contribution in [0.4, 0.5) is 0 Å². The maximum atomic E-state index is 10.8. The van der Waals surface area contributed by atoms with Crippen LogP contribution >= 0.6 is 11.6 Å². The molecule has 1 fully saturated rings. The van der Waals surface area contributed by atoms with Gasteiger partial charge in [-0.1, -0.05) is 37.8 Å². The summed E-state index contributed by atoms with van der Waals surface area (Å²) in [7, 11) is 0. The van der Waals surface area contributed by atoms with Gasteiger partial charge in [-0.3, -0.25) is 4.98 Å². The van der Waals surface area contributed by atoms with Crippen molar-refractivity contribution in [1.29, 1.82) is 0 Å². The minimum absolute atomic E-state index is 0.318. The highest BCUT2D eigenvalue weighted by Gasteiger charge is 2.38. The van der Waals surface area contributed by atoms with E-state index in [9.17, 15) is 5.11 Å². The SMILES string of the molecule is CCCC(C)(O)C1CCCCC1COc1cncc(Cl)c1. The molecule has 0 radical (unpaired) electrons.